The Hall–Kier alpha value is -0.280. The number of aliphatic hydroxyl groups excluding tert-OH is 1. The molecule has 0 aromatic rings. The largest absolute Gasteiger partial charge is 0.396 e. The number of ether oxygens (including phenoxy) is 2. The minimum atomic E-state index is -0.174. The van der Waals surface area contributed by atoms with Crippen LogP contribution in [-0.4, -0.2) is 60.3 Å². The van der Waals surface area contributed by atoms with E-state index >= 15 is 0 Å². The average molecular weight is 667 g/mol. The quantitative estimate of drug-likeness (QED) is 0.116. The SMILES string of the molecule is CC(C)(C)CO.CCC(C)(C)N.CCC(C)(C)N.CCC(C)(C)N.CCCCCOCC(C)(C)C.CCCCCOCC(C)(C)N. The second kappa shape index (κ2) is 32.0. The normalized spacial score (nSPS) is 12.0. The van der Waals surface area contributed by atoms with Crippen LogP contribution in [0, 0.1) is 10.8 Å². The minimum Gasteiger partial charge on any atom is -0.396 e. The molecule has 288 valence electrons. The Morgan fingerprint density at radius 1 is 0.413 bits per heavy atom. The molecule has 0 fully saturated rings. The molecule has 0 amide bonds. The Labute approximate surface area is 292 Å². The highest BCUT2D eigenvalue weighted by Crippen LogP contribution is 2.13. The van der Waals surface area contributed by atoms with Crippen molar-refractivity contribution in [2.24, 2.45) is 33.8 Å². The zero-order valence-electron chi connectivity index (χ0n) is 35.5. The molecule has 9 N–H and O–H groups in total. The number of rotatable bonds is 14. The summed E-state index contributed by atoms with van der Waals surface area (Å²) < 4.78 is 10.9. The molecule has 0 bridgehead atoms. The molecule has 0 rings (SSSR count). The summed E-state index contributed by atoms with van der Waals surface area (Å²) in [4.78, 5) is 0. The van der Waals surface area contributed by atoms with Gasteiger partial charge in [0.25, 0.3) is 0 Å². The van der Waals surface area contributed by atoms with Crippen LogP contribution in [0.1, 0.15) is 189 Å². The first-order valence-corrected chi connectivity index (χ1v) is 18.3. The van der Waals surface area contributed by atoms with E-state index in [1.54, 1.807) is 0 Å². The lowest BCUT2D eigenvalue weighted by Gasteiger charge is -2.17. The van der Waals surface area contributed by atoms with Gasteiger partial charge in [-0.2, -0.15) is 0 Å². The Bertz CT molecular complexity index is 491. The van der Waals surface area contributed by atoms with Crippen LogP contribution in [0.2, 0.25) is 0 Å². The monoisotopic (exact) mass is 667 g/mol. The van der Waals surface area contributed by atoms with Gasteiger partial charge in [0.1, 0.15) is 0 Å². The van der Waals surface area contributed by atoms with Crippen LogP contribution in [0.3, 0.4) is 0 Å². The standard InChI is InChI=1S/C10H22O.C9H21NO.3C5H13N.C5H12O/c1-5-6-7-8-11-9-10(2,3)4;1-4-5-6-7-11-8-9(2,3)10;3*1-4-5(2,3)6;1-5(2,3)4-6/h5-9H2,1-4H3;4-8,10H2,1-3H3;3*4,6H2,1-3H3;6H,4H2,1-3H3. The Balaban J connectivity index is -0.000000107. The summed E-state index contributed by atoms with van der Waals surface area (Å²) in [6, 6.07) is 0. The van der Waals surface area contributed by atoms with E-state index < -0.39 is 0 Å². The second-order valence-electron chi connectivity index (χ2n) is 17.8. The van der Waals surface area contributed by atoms with Gasteiger partial charge in [-0.3, -0.25) is 0 Å². The van der Waals surface area contributed by atoms with E-state index in [0.717, 1.165) is 45.5 Å². The summed E-state index contributed by atoms with van der Waals surface area (Å²) in [5, 5.41) is 8.40. The highest BCUT2D eigenvalue weighted by Gasteiger charge is 2.10. The fourth-order valence-corrected chi connectivity index (χ4v) is 1.62. The number of aliphatic hydroxyl groups is 1. The predicted octanol–water partition coefficient (Wildman–Crippen LogP) is 9.60. The molecule has 0 unspecified atom stereocenters. The second-order valence-corrected chi connectivity index (χ2v) is 17.8. The molecule has 0 aromatic heterocycles. The topological polar surface area (TPSA) is 143 Å². The van der Waals surface area contributed by atoms with Crippen LogP contribution in [-0.2, 0) is 9.47 Å². The van der Waals surface area contributed by atoms with Crippen LogP contribution in [0.15, 0.2) is 0 Å². The van der Waals surface area contributed by atoms with Gasteiger partial charge in [-0.1, -0.05) is 102 Å². The fourth-order valence-electron chi connectivity index (χ4n) is 1.62. The summed E-state index contributed by atoms with van der Waals surface area (Å²) in [7, 11) is 0. The van der Waals surface area contributed by atoms with Crippen molar-refractivity contribution < 1.29 is 14.6 Å². The van der Waals surface area contributed by atoms with E-state index in [1.807, 2.05) is 76.2 Å². The molecular weight excluding hydrogens is 572 g/mol. The van der Waals surface area contributed by atoms with Gasteiger partial charge in [0.05, 0.1) is 13.2 Å². The highest BCUT2D eigenvalue weighted by atomic mass is 16.5. The van der Waals surface area contributed by atoms with Gasteiger partial charge in [-0.25, -0.2) is 0 Å². The molecule has 0 radical (unpaired) electrons. The number of nitrogens with two attached hydrogens (primary N) is 4. The number of hydrogen-bond donors (Lipinski definition) is 5. The third-order valence-electron chi connectivity index (χ3n) is 6.00. The van der Waals surface area contributed by atoms with E-state index in [4.69, 9.17) is 37.5 Å². The summed E-state index contributed by atoms with van der Waals surface area (Å²) in [6.07, 6.45) is 10.6. The van der Waals surface area contributed by atoms with Gasteiger partial charge < -0.3 is 37.5 Å². The molecule has 0 aliphatic heterocycles. The molecule has 0 aliphatic rings. The molecule has 7 heteroatoms. The first-order chi connectivity index (χ1) is 20.4. The lowest BCUT2D eigenvalue weighted by molar-refractivity contribution is 0.0688. The van der Waals surface area contributed by atoms with Gasteiger partial charge >= 0.3 is 0 Å². The average Bonchev–Trinajstić information content (AvgIpc) is 2.87. The lowest BCUT2D eigenvalue weighted by Crippen LogP contribution is -2.37. The Morgan fingerprint density at radius 2 is 0.652 bits per heavy atom. The van der Waals surface area contributed by atoms with Crippen LogP contribution in [0.25, 0.3) is 0 Å². The van der Waals surface area contributed by atoms with Crippen molar-refractivity contribution in [2.45, 2.75) is 211 Å². The fraction of sp³-hybridized carbons (Fsp3) is 1.00. The van der Waals surface area contributed by atoms with Crippen LogP contribution in [0.4, 0.5) is 0 Å². The zero-order chi connectivity index (χ0) is 38.3. The maximum Gasteiger partial charge on any atom is 0.0640 e. The van der Waals surface area contributed by atoms with E-state index in [-0.39, 0.29) is 34.2 Å². The maximum absolute atomic E-state index is 8.40. The van der Waals surface area contributed by atoms with E-state index in [9.17, 15) is 0 Å². The number of unbranched alkanes of at least 4 members (excludes halogenated alkanes) is 4. The third-order valence-corrected chi connectivity index (χ3v) is 6.00. The Kier molecular flexibility index (Phi) is 40.3. The van der Waals surface area contributed by atoms with Gasteiger partial charge in [0.15, 0.2) is 0 Å². The van der Waals surface area contributed by atoms with E-state index in [1.165, 1.54) is 32.1 Å². The minimum absolute atomic E-state index is 0.0417. The molecule has 0 atom stereocenters. The zero-order valence-corrected chi connectivity index (χ0v) is 35.5. The molecule has 46 heavy (non-hydrogen) atoms. The van der Waals surface area contributed by atoms with Crippen molar-refractivity contribution in [1.29, 1.82) is 0 Å². The van der Waals surface area contributed by atoms with Gasteiger partial charge in [0.2, 0.25) is 0 Å². The molecule has 0 saturated carbocycles. The van der Waals surface area contributed by atoms with Crippen LogP contribution >= 0.6 is 0 Å². The third kappa shape index (κ3) is 104. The summed E-state index contributed by atoms with van der Waals surface area (Å²) in [6.45, 7) is 42.9. The molecule has 0 aromatic carbocycles. The predicted molar refractivity (Wildman–Crippen MR) is 211 cm³/mol. The van der Waals surface area contributed by atoms with Crippen molar-refractivity contribution in [2.75, 3.05) is 33.0 Å². The van der Waals surface area contributed by atoms with Crippen molar-refractivity contribution in [1.82, 2.24) is 0 Å². The molecule has 0 aliphatic carbocycles. The molecule has 0 heterocycles. The summed E-state index contributed by atoms with van der Waals surface area (Å²) in [5.74, 6) is 0. The van der Waals surface area contributed by atoms with E-state index in [0.29, 0.717) is 12.0 Å². The van der Waals surface area contributed by atoms with Crippen LogP contribution in [0.5, 0.6) is 0 Å². The molecule has 0 spiro atoms. The smallest absolute Gasteiger partial charge is 0.0640 e. The van der Waals surface area contributed by atoms with Crippen molar-refractivity contribution in [3.05, 3.63) is 0 Å². The first-order valence-electron chi connectivity index (χ1n) is 18.3. The molecule has 0 saturated heterocycles. The van der Waals surface area contributed by atoms with Crippen molar-refractivity contribution in [3.63, 3.8) is 0 Å². The molecule has 7 nitrogen and oxygen atoms in total. The van der Waals surface area contributed by atoms with Crippen molar-refractivity contribution >= 4 is 0 Å². The molecular formula is C39H94N4O3. The van der Waals surface area contributed by atoms with Crippen molar-refractivity contribution in [3.8, 4) is 0 Å². The van der Waals surface area contributed by atoms with Gasteiger partial charge in [-0.15, -0.1) is 0 Å². The number of hydrogen-bond acceptors (Lipinski definition) is 7. The summed E-state index contributed by atoms with van der Waals surface area (Å²) >= 11 is 0. The lowest BCUT2D eigenvalue weighted by atomic mass is 9.99. The van der Waals surface area contributed by atoms with Gasteiger partial charge in [0, 0.05) is 42.0 Å². The first kappa shape index (κ1) is 58.0. The highest BCUT2D eigenvalue weighted by molar-refractivity contribution is 4.70. The summed E-state index contributed by atoms with van der Waals surface area (Å²) in [5.41, 5.74) is 22.7. The Morgan fingerprint density at radius 3 is 0.804 bits per heavy atom. The van der Waals surface area contributed by atoms with E-state index in [2.05, 4.69) is 55.4 Å². The van der Waals surface area contributed by atoms with Gasteiger partial charge in [-0.05, 0) is 98.3 Å². The van der Waals surface area contributed by atoms with Crippen LogP contribution < -0.4 is 22.9 Å². The maximum atomic E-state index is 8.40.